The second-order valence-electron chi connectivity index (χ2n) is 3.97. The summed E-state index contributed by atoms with van der Waals surface area (Å²) in [5.41, 5.74) is 1.74. The zero-order valence-electron chi connectivity index (χ0n) is 10.3. The maximum absolute atomic E-state index is 12.0. The quantitative estimate of drug-likeness (QED) is 0.663. The zero-order valence-corrected chi connectivity index (χ0v) is 11.9. The Bertz CT molecular complexity index is 606. The maximum Gasteiger partial charge on any atom is 0.323 e. The topological polar surface area (TPSA) is 75.4 Å². The van der Waals surface area contributed by atoms with Crippen LogP contribution in [0.2, 0.25) is 0 Å². The molecule has 6 nitrogen and oxygen atoms in total. The molecule has 0 spiro atoms. The van der Waals surface area contributed by atoms with Gasteiger partial charge in [0.2, 0.25) is 0 Å². The van der Waals surface area contributed by atoms with Gasteiger partial charge in [-0.1, -0.05) is 24.0 Å². The zero-order chi connectivity index (χ0) is 14.2. The maximum atomic E-state index is 12.0. The first-order valence-corrected chi connectivity index (χ1v) is 6.58. The van der Waals surface area contributed by atoms with E-state index in [-0.39, 0.29) is 10.2 Å². The third-order valence-electron chi connectivity index (χ3n) is 2.73. The van der Waals surface area contributed by atoms with Gasteiger partial charge in [0.05, 0.1) is 11.1 Å². The molecule has 0 aromatic carbocycles. The Morgan fingerprint density at radius 1 is 1.63 bits per heavy atom. The molecular formula is C11H11N3O3S2. The summed E-state index contributed by atoms with van der Waals surface area (Å²) in [6.07, 6.45) is 3.34. The van der Waals surface area contributed by atoms with Gasteiger partial charge in [-0.15, -0.1) is 0 Å². The second kappa shape index (κ2) is 5.14. The molecule has 0 saturated carbocycles. The summed E-state index contributed by atoms with van der Waals surface area (Å²) in [5, 5.41) is 12.8. The minimum Gasteiger partial charge on any atom is -0.480 e. The number of amides is 1. The molecule has 1 aromatic rings. The lowest BCUT2D eigenvalue weighted by atomic mass is 10.2. The van der Waals surface area contributed by atoms with Crippen LogP contribution in [-0.4, -0.2) is 42.5 Å². The number of carboxylic acid groups (broad SMARTS) is 1. The van der Waals surface area contributed by atoms with E-state index in [4.69, 9.17) is 17.3 Å². The Kier molecular flexibility index (Phi) is 3.72. The van der Waals surface area contributed by atoms with Crippen molar-refractivity contribution in [2.24, 2.45) is 7.05 Å². The van der Waals surface area contributed by atoms with Crippen LogP contribution >= 0.6 is 24.0 Å². The highest BCUT2D eigenvalue weighted by atomic mass is 32.2. The van der Waals surface area contributed by atoms with Gasteiger partial charge >= 0.3 is 5.97 Å². The summed E-state index contributed by atoms with van der Waals surface area (Å²) in [6, 6.07) is 0. The molecular weight excluding hydrogens is 286 g/mol. The van der Waals surface area contributed by atoms with Crippen LogP contribution in [0.3, 0.4) is 0 Å². The van der Waals surface area contributed by atoms with Crippen molar-refractivity contribution in [3.8, 4) is 0 Å². The molecule has 1 amide bonds. The SMILES string of the molecule is Cc1c(/C=C2/SC(=S)N(CC(=O)O)C2=O)cnn1C. The van der Waals surface area contributed by atoms with Gasteiger partial charge in [-0.2, -0.15) is 5.10 Å². The molecule has 1 aliphatic heterocycles. The van der Waals surface area contributed by atoms with Crippen molar-refractivity contribution in [3.63, 3.8) is 0 Å². The second-order valence-corrected chi connectivity index (χ2v) is 5.65. The molecule has 0 unspecified atom stereocenters. The van der Waals surface area contributed by atoms with E-state index in [0.717, 1.165) is 27.9 Å². The Labute approximate surface area is 119 Å². The van der Waals surface area contributed by atoms with Crippen LogP contribution in [-0.2, 0) is 16.6 Å². The van der Waals surface area contributed by atoms with Crippen molar-refractivity contribution >= 4 is 46.3 Å². The number of carbonyl (C=O) groups is 2. The average Bonchev–Trinajstić information content (AvgIpc) is 2.77. The van der Waals surface area contributed by atoms with Crippen molar-refractivity contribution in [3.05, 3.63) is 22.4 Å². The van der Waals surface area contributed by atoms with Crippen molar-refractivity contribution in [2.45, 2.75) is 6.92 Å². The predicted octanol–water partition coefficient (Wildman–Crippen LogP) is 1.01. The third-order valence-corrected chi connectivity index (χ3v) is 4.10. The lowest BCUT2D eigenvalue weighted by Crippen LogP contribution is -2.33. The molecule has 19 heavy (non-hydrogen) atoms. The summed E-state index contributed by atoms with van der Waals surface area (Å²) in [6.45, 7) is 1.48. The lowest BCUT2D eigenvalue weighted by molar-refractivity contribution is -0.140. The van der Waals surface area contributed by atoms with Crippen molar-refractivity contribution in [1.29, 1.82) is 0 Å². The van der Waals surface area contributed by atoms with E-state index in [9.17, 15) is 9.59 Å². The van der Waals surface area contributed by atoms with Gasteiger partial charge in [0.15, 0.2) is 0 Å². The largest absolute Gasteiger partial charge is 0.480 e. The molecule has 1 fully saturated rings. The molecule has 2 heterocycles. The van der Waals surface area contributed by atoms with E-state index in [2.05, 4.69) is 5.10 Å². The molecule has 0 radical (unpaired) electrons. The first-order chi connectivity index (χ1) is 8.90. The summed E-state index contributed by atoms with van der Waals surface area (Å²) in [7, 11) is 1.81. The van der Waals surface area contributed by atoms with Crippen molar-refractivity contribution < 1.29 is 14.7 Å². The summed E-state index contributed by atoms with van der Waals surface area (Å²) < 4.78 is 1.96. The highest BCUT2D eigenvalue weighted by molar-refractivity contribution is 8.26. The third kappa shape index (κ3) is 2.69. The van der Waals surface area contributed by atoms with E-state index < -0.39 is 12.5 Å². The van der Waals surface area contributed by atoms with Crippen LogP contribution < -0.4 is 0 Å². The van der Waals surface area contributed by atoms with E-state index in [1.165, 1.54) is 0 Å². The highest BCUT2D eigenvalue weighted by Crippen LogP contribution is 2.32. The number of carboxylic acids is 1. The van der Waals surface area contributed by atoms with Crippen LogP contribution in [0.15, 0.2) is 11.1 Å². The predicted molar refractivity (Wildman–Crippen MR) is 75.5 cm³/mol. The van der Waals surface area contributed by atoms with Gasteiger partial charge in [0.1, 0.15) is 10.9 Å². The number of hydrogen-bond acceptors (Lipinski definition) is 5. The van der Waals surface area contributed by atoms with Gasteiger partial charge in [0.25, 0.3) is 5.91 Å². The highest BCUT2D eigenvalue weighted by Gasteiger charge is 2.33. The first kappa shape index (κ1) is 13.8. The van der Waals surface area contributed by atoms with Crippen LogP contribution in [0.4, 0.5) is 0 Å². The minimum atomic E-state index is -1.09. The number of aromatic nitrogens is 2. The molecule has 1 saturated heterocycles. The Balaban J connectivity index is 2.28. The molecule has 0 aliphatic carbocycles. The molecule has 8 heteroatoms. The summed E-state index contributed by atoms with van der Waals surface area (Å²) >= 11 is 6.12. The van der Waals surface area contributed by atoms with Gasteiger partial charge in [-0.3, -0.25) is 19.2 Å². The molecule has 100 valence electrons. The number of thioether (sulfide) groups is 1. The summed E-state index contributed by atoms with van der Waals surface area (Å²) in [4.78, 5) is 24.2. The Hall–Kier alpha value is -1.67. The molecule has 1 N–H and O–H groups in total. The molecule has 0 bridgehead atoms. The van der Waals surface area contributed by atoms with Crippen LogP contribution in [0.1, 0.15) is 11.3 Å². The van der Waals surface area contributed by atoms with Gasteiger partial charge in [-0.25, -0.2) is 0 Å². The number of aliphatic carboxylic acids is 1. The normalized spacial score (nSPS) is 17.6. The molecule has 1 aliphatic rings. The first-order valence-electron chi connectivity index (χ1n) is 5.36. The van der Waals surface area contributed by atoms with Gasteiger partial charge in [-0.05, 0) is 13.0 Å². The van der Waals surface area contributed by atoms with E-state index in [1.807, 2.05) is 14.0 Å². The number of rotatable bonds is 3. The van der Waals surface area contributed by atoms with Gasteiger partial charge in [0, 0.05) is 18.3 Å². The number of aryl methyl sites for hydroxylation is 1. The Morgan fingerprint density at radius 3 is 2.84 bits per heavy atom. The smallest absolute Gasteiger partial charge is 0.323 e. The number of carbonyl (C=O) groups excluding carboxylic acids is 1. The number of hydrogen-bond donors (Lipinski definition) is 1. The molecule has 0 atom stereocenters. The van der Waals surface area contributed by atoms with Crippen LogP contribution in [0.25, 0.3) is 6.08 Å². The lowest BCUT2D eigenvalue weighted by Gasteiger charge is -2.10. The monoisotopic (exact) mass is 297 g/mol. The number of nitrogens with zero attached hydrogens (tertiary/aromatic N) is 3. The average molecular weight is 297 g/mol. The number of thiocarbonyl (C=S) groups is 1. The fourth-order valence-corrected chi connectivity index (χ4v) is 2.82. The fraction of sp³-hybridized carbons (Fsp3) is 0.273. The Morgan fingerprint density at radius 2 is 2.32 bits per heavy atom. The standard InChI is InChI=1S/C11H11N3O3S2/c1-6-7(4-12-13(6)2)3-8-10(17)14(5-9(15)16)11(18)19-8/h3-4H,5H2,1-2H3,(H,15,16)/b8-3+. The van der Waals surface area contributed by atoms with Crippen LogP contribution in [0.5, 0.6) is 0 Å². The van der Waals surface area contributed by atoms with Gasteiger partial charge < -0.3 is 5.11 Å². The van der Waals surface area contributed by atoms with Crippen LogP contribution in [0, 0.1) is 6.92 Å². The van der Waals surface area contributed by atoms with Crippen molar-refractivity contribution in [1.82, 2.24) is 14.7 Å². The van der Waals surface area contributed by atoms with E-state index >= 15 is 0 Å². The van der Waals surface area contributed by atoms with E-state index in [0.29, 0.717) is 4.91 Å². The minimum absolute atomic E-state index is 0.264. The molecule has 2 rings (SSSR count). The van der Waals surface area contributed by atoms with Crippen molar-refractivity contribution in [2.75, 3.05) is 6.54 Å². The summed E-state index contributed by atoms with van der Waals surface area (Å²) in [5.74, 6) is -1.46. The van der Waals surface area contributed by atoms with E-state index in [1.54, 1.807) is 17.0 Å². The fourth-order valence-electron chi connectivity index (χ4n) is 1.57. The molecule has 1 aromatic heterocycles.